The molecule has 0 unspecified atom stereocenters. The minimum absolute atomic E-state index is 0.115. The molecule has 0 aliphatic heterocycles. The van der Waals surface area contributed by atoms with Crippen LogP contribution in [0.1, 0.15) is 27.9 Å². The van der Waals surface area contributed by atoms with E-state index in [9.17, 15) is 4.79 Å². The molecule has 0 spiro atoms. The first kappa shape index (κ1) is 20.6. The molecule has 2 aromatic heterocycles. The van der Waals surface area contributed by atoms with Crippen LogP contribution in [0.2, 0.25) is 0 Å². The third kappa shape index (κ3) is 4.28. The van der Waals surface area contributed by atoms with Crippen LogP contribution in [0.5, 0.6) is 5.75 Å². The number of pyridine rings is 1. The summed E-state index contributed by atoms with van der Waals surface area (Å²) in [7, 11) is 1.62. The predicted molar refractivity (Wildman–Crippen MR) is 123 cm³/mol. The van der Waals surface area contributed by atoms with Crippen LogP contribution in [0.15, 0.2) is 48.5 Å². The lowest BCUT2D eigenvalue weighted by Crippen LogP contribution is -2.17. The van der Waals surface area contributed by atoms with Gasteiger partial charge in [0.2, 0.25) is 5.91 Å². The third-order valence-electron chi connectivity index (χ3n) is 5.28. The Bertz CT molecular complexity index is 1270. The van der Waals surface area contributed by atoms with Crippen molar-refractivity contribution in [2.45, 2.75) is 34.1 Å². The lowest BCUT2D eigenvalue weighted by molar-refractivity contribution is -0.115. The first-order chi connectivity index (χ1) is 14.8. The van der Waals surface area contributed by atoms with Gasteiger partial charge in [0.05, 0.1) is 24.7 Å². The van der Waals surface area contributed by atoms with Crippen LogP contribution in [0.25, 0.3) is 16.7 Å². The normalized spacial score (nSPS) is 11.0. The molecule has 0 saturated heterocycles. The van der Waals surface area contributed by atoms with Crippen molar-refractivity contribution in [3.05, 3.63) is 76.5 Å². The Hall–Kier alpha value is -3.67. The Labute approximate surface area is 181 Å². The Morgan fingerprint density at radius 2 is 1.74 bits per heavy atom. The van der Waals surface area contributed by atoms with E-state index in [1.165, 1.54) is 5.56 Å². The summed E-state index contributed by atoms with van der Waals surface area (Å²) in [5.41, 5.74) is 6.12. The van der Waals surface area contributed by atoms with Crippen LogP contribution in [-0.4, -0.2) is 27.8 Å². The van der Waals surface area contributed by atoms with Gasteiger partial charge in [-0.25, -0.2) is 4.98 Å². The molecule has 1 amide bonds. The van der Waals surface area contributed by atoms with Crippen LogP contribution >= 0.6 is 0 Å². The van der Waals surface area contributed by atoms with Gasteiger partial charge in [-0.3, -0.25) is 4.79 Å². The molecule has 31 heavy (non-hydrogen) atoms. The summed E-state index contributed by atoms with van der Waals surface area (Å²) in [5, 5.41) is 8.70. The van der Waals surface area contributed by atoms with Gasteiger partial charge in [-0.2, -0.15) is 9.78 Å². The number of ether oxygens (including phenoxy) is 1. The third-order valence-corrected chi connectivity index (χ3v) is 5.28. The number of anilines is 1. The van der Waals surface area contributed by atoms with Gasteiger partial charge in [0.1, 0.15) is 11.6 Å². The van der Waals surface area contributed by atoms with E-state index < -0.39 is 0 Å². The molecule has 0 saturated carbocycles. The highest BCUT2D eigenvalue weighted by Gasteiger charge is 2.15. The van der Waals surface area contributed by atoms with Crippen LogP contribution in [0.3, 0.4) is 0 Å². The van der Waals surface area contributed by atoms with Crippen LogP contribution < -0.4 is 10.1 Å². The molecule has 6 heteroatoms. The number of carbonyl (C=O) groups is 1. The number of carbonyl (C=O) groups excluding carboxylic acids is 1. The number of nitrogens with one attached hydrogen (secondary N) is 1. The smallest absolute Gasteiger partial charge is 0.229 e. The predicted octanol–water partition coefficient (Wildman–Crippen LogP) is 4.84. The molecule has 158 valence electrons. The highest BCUT2D eigenvalue weighted by molar-refractivity contribution is 5.92. The van der Waals surface area contributed by atoms with Gasteiger partial charge < -0.3 is 10.1 Å². The molecular formula is C25H26N4O2. The zero-order valence-corrected chi connectivity index (χ0v) is 18.5. The average Bonchev–Trinajstić information content (AvgIpc) is 3.09. The Morgan fingerprint density at radius 3 is 2.45 bits per heavy atom. The first-order valence-electron chi connectivity index (χ1n) is 10.2. The van der Waals surface area contributed by atoms with Crippen molar-refractivity contribution in [2.75, 3.05) is 12.4 Å². The summed E-state index contributed by atoms with van der Waals surface area (Å²) in [6.07, 6.45) is 0.261. The van der Waals surface area contributed by atoms with Crippen molar-refractivity contribution < 1.29 is 9.53 Å². The topological polar surface area (TPSA) is 69.0 Å². The van der Waals surface area contributed by atoms with Crippen LogP contribution in [0.4, 0.5) is 5.82 Å². The van der Waals surface area contributed by atoms with Gasteiger partial charge >= 0.3 is 0 Å². The maximum absolute atomic E-state index is 12.7. The Kier molecular flexibility index (Phi) is 5.46. The van der Waals surface area contributed by atoms with Crippen LogP contribution in [0, 0.1) is 27.7 Å². The standard InChI is InChI=1S/C25H26N4O2/c1-15-10-17(3)25-21(11-15)16(2)12-22(27-25)29-23(13-18(4)28-29)26-24(30)14-19-6-8-20(31-5)9-7-19/h6-13H,14H2,1-5H3,(H,26,30). The number of aryl methyl sites for hydroxylation is 4. The fourth-order valence-electron chi connectivity index (χ4n) is 3.81. The fraction of sp³-hybridized carbons (Fsp3) is 0.240. The van der Waals surface area contributed by atoms with Gasteiger partial charge in [0.25, 0.3) is 0 Å². The van der Waals surface area contributed by atoms with E-state index in [0.717, 1.165) is 39.0 Å². The molecule has 2 aromatic carbocycles. The van der Waals surface area contributed by atoms with Gasteiger partial charge in [-0.1, -0.05) is 23.8 Å². The number of rotatable bonds is 5. The van der Waals surface area contributed by atoms with Crippen molar-refractivity contribution in [2.24, 2.45) is 0 Å². The molecule has 0 atom stereocenters. The Morgan fingerprint density at radius 1 is 1.00 bits per heavy atom. The first-order valence-corrected chi connectivity index (χ1v) is 10.2. The second kappa shape index (κ2) is 8.22. The highest BCUT2D eigenvalue weighted by atomic mass is 16.5. The SMILES string of the molecule is COc1ccc(CC(=O)Nc2cc(C)nn2-c2cc(C)c3cc(C)cc(C)c3n2)cc1. The second-order valence-electron chi connectivity index (χ2n) is 7.93. The monoisotopic (exact) mass is 414 g/mol. The fourth-order valence-corrected chi connectivity index (χ4v) is 3.81. The number of benzene rings is 2. The highest BCUT2D eigenvalue weighted by Crippen LogP contribution is 2.26. The number of hydrogen-bond acceptors (Lipinski definition) is 4. The largest absolute Gasteiger partial charge is 0.497 e. The second-order valence-corrected chi connectivity index (χ2v) is 7.93. The number of fused-ring (bicyclic) bond motifs is 1. The number of amides is 1. The summed E-state index contributed by atoms with van der Waals surface area (Å²) >= 11 is 0. The summed E-state index contributed by atoms with van der Waals surface area (Å²) < 4.78 is 6.87. The maximum atomic E-state index is 12.7. The zero-order valence-electron chi connectivity index (χ0n) is 18.5. The van der Waals surface area contributed by atoms with Gasteiger partial charge in [-0.15, -0.1) is 0 Å². The van der Waals surface area contributed by atoms with Crippen LogP contribution in [-0.2, 0) is 11.2 Å². The zero-order chi connectivity index (χ0) is 22.1. The summed E-state index contributed by atoms with van der Waals surface area (Å²) in [6, 6.07) is 15.6. The van der Waals surface area contributed by atoms with E-state index >= 15 is 0 Å². The molecule has 4 rings (SSSR count). The van der Waals surface area contributed by atoms with E-state index in [4.69, 9.17) is 9.72 Å². The van der Waals surface area contributed by atoms with Crippen molar-refractivity contribution >= 4 is 22.6 Å². The average molecular weight is 415 g/mol. The molecule has 2 heterocycles. The summed E-state index contributed by atoms with van der Waals surface area (Å²) in [6.45, 7) is 8.13. The number of methoxy groups -OCH3 is 1. The summed E-state index contributed by atoms with van der Waals surface area (Å²) in [4.78, 5) is 17.6. The quantitative estimate of drug-likeness (QED) is 0.507. The lowest BCUT2D eigenvalue weighted by Gasteiger charge is -2.12. The molecule has 0 radical (unpaired) electrons. The van der Waals surface area contributed by atoms with Crippen molar-refractivity contribution in [3.63, 3.8) is 0 Å². The minimum Gasteiger partial charge on any atom is -0.497 e. The van der Waals surface area contributed by atoms with Gasteiger partial charge in [0, 0.05) is 11.5 Å². The summed E-state index contributed by atoms with van der Waals surface area (Å²) in [5.74, 6) is 1.94. The molecule has 0 aliphatic rings. The molecule has 0 bridgehead atoms. The van der Waals surface area contributed by atoms with E-state index in [-0.39, 0.29) is 12.3 Å². The molecule has 0 aliphatic carbocycles. The molecule has 4 aromatic rings. The minimum atomic E-state index is -0.115. The van der Waals surface area contributed by atoms with E-state index in [0.29, 0.717) is 11.6 Å². The van der Waals surface area contributed by atoms with E-state index in [1.54, 1.807) is 11.8 Å². The molecule has 0 fully saturated rings. The van der Waals surface area contributed by atoms with Gasteiger partial charge in [0.15, 0.2) is 5.82 Å². The van der Waals surface area contributed by atoms with Crippen molar-refractivity contribution in [1.29, 1.82) is 0 Å². The number of hydrogen-bond donors (Lipinski definition) is 1. The van der Waals surface area contributed by atoms with E-state index in [2.05, 4.69) is 43.3 Å². The van der Waals surface area contributed by atoms with Gasteiger partial charge in [-0.05, 0) is 68.7 Å². The maximum Gasteiger partial charge on any atom is 0.229 e. The molecule has 1 N–H and O–H groups in total. The number of aromatic nitrogens is 3. The van der Waals surface area contributed by atoms with E-state index in [1.807, 2.05) is 43.3 Å². The molecular weight excluding hydrogens is 388 g/mol. The molecule has 6 nitrogen and oxygen atoms in total. The number of nitrogens with zero attached hydrogens (tertiary/aromatic N) is 3. The van der Waals surface area contributed by atoms with Crippen molar-refractivity contribution in [1.82, 2.24) is 14.8 Å². The van der Waals surface area contributed by atoms with Crippen molar-refractivity contribution in [3.8, 4) is 11.6 Å². The Balaban J connectivity index is 1.64. The lowest BCUT2D eigenvalue weighted by atomic mass is 10.0.